The van der Waals surface area contributed by atoms with Gasteiger partial charge in [-0.2, -0.15) is 0 Å². The van der Waals surface area contributed by atoms with Gasteiger partial charge in [-0.05, 0) is 19.1 Å². The third kappa shape index (κ3) is 1.23. The van der Waals surface area contributed by atoms with Crippen molar-refractivity contribution < 1.29 is 9.47 Å². The molecule has 64 valence electrons. The minimum absolute atomic E-state index is 0.141. The van der Waals surface area contributed by atoms with Crippen LogP contribution in [0.4, 0.5) is 0 Å². The monoisotopic (exact) mass is 184 g/mol. The van der Waals surface area contributed by atoms with Gasteiger partial charge in [-0.1, -0.05) is 12.1 Å². The van der Waals surface area contributed by atoms with Gasteiger partial charge in [0.25, 0.3) is 6.29 Å². The summed E-state index contributed by atoms with van der Waals surface area (Å²) < 4.78 is 10.8. The Balaban J connectivity index is 2.22. The van der Waals surface area contributed by atoms with Gasteiger partial charge < -0.3 is 9.47 Å². The van der Waals surface area contributed by atoms with Gasteiger partial charge in [0.1, 0.15) is 5.38 Å². The van der Waals surface area contributed by atoms with E-state index in [1.54, 1.807) is 0 Å². The number of rotatable bonds is 1. The fourth-order valence-corrected chi connectivity index (χ4v) is 1.21. The van der Waals surface area contributed by atoms with E-state index in [1.807, 2.05) is 31.2 Å². The number of halogens is 1. The van der Waals surface area contributed by atoms with E-state index in [0.717, 1.165) is 11.5 Å². The first-order valence-electron chi connectivity index (χ1n) is 3.84. The number of hydrogen-bond acceptors (Lipinski definition) is 2. The van der Waals surface area contributed by atoms with Crippen molar-refractivity contribution >= 4 is 11.6 Å². The fraction of sp³-hybridized carbons (Fsp3) is 0.333. The number of para-hydroxylation sites is 2. The summed E-state index contributed by atoms with van der Waals surface area (Å²) in [7, 11) is 0. The summed E-state index contributed by atoms with van der Waals surface area (Å²) in [6.07, 6.45) is -0.343. The molecule has 0 aliphatic carbocycles. The lowest BCUT2D eigenvalue weighted by Crippen LogP contribution is -2.26. The highest BCUT2D eigenvalue weighted by Crippen LogP contribution is 2.35. The van der Waals surface area contributed by atoms with Crippen LogP contribution in [0.2, 0.25) is 0 Å². The predicted octanol–water partition coefficient (Wildman–Crippen LogP) is 2.41. The van der Waals surface area contributed by atoms with Gasteiger partial charge in [0.15, 0.2) is 11.5 Å². The van der Waals surface area contributed by atoms with E-state index in [4.69, 9.17) is 21.1 Å². The van der Waals surface area contributed by atoms with E-state index in [2.05, 4.69) is 0 Å². The lowest BCUT2D eigenvalue weighted by Gasteiger charge is -2.11. The van der Waals surface area contributed by atoms with Crippen molar-refractivity contribution in [3.63, 3.8) is 0 Å². The molecule has 2 nitrogen and oxygen atoms in total. The van der Waals surface area contributed by atoms with Crippen molar-refractivity contribution in [2.45, 2.75) is 18.6 Å². The Labute approximate surface area is 76.1 Å². The molecular weight excluding hydrogens is 176 g/mol. The van der Waals surface area contributed by atoms with E-state index in [-0.39, 0.29) is 11.7 Å². The van der Waals surface area contributed by atoms with E-state index < -0.39 is 0 Å². The molecule has 0 N–H and O–H groups in total. The van der Waals surface area contributed by atoms with Crippen LogP contribution in [0.1, 0.15) is 6.92 Å². The maximum absolute atomic E-state index is 5.82. The molecule has 1 aliphatic heterocycles. The van der Waals surface area contributed by atoms with E-state index in [9.17, 15) is 0 Å². The van der Waals surface area contributed by atoms with Crippen molar-refractivity contribution in [2.75, 3.05) is 0 Å². The van der Waals surface area contributed by atoms with Gasteiger partial charge >= 0.3 is 0 Å². The van der Waals surface area contributed by atoms with Gasteiger partial charge in [-0.25, -0.2) is 0 Å². The molecule has 12 heavy (non-hydrogen) atoms. The molecule has 1 heterocycles. The summed E-state index contributed by atoms with van der Waals surface area (Å²) in [6, 6.07) is 7.55. The molecular formula is C9H9ClO2. The van der Waals surface area contributed by atoms with Crippen molar-refractivity contribution in [3.05, 3.63) is 24.3 Å². The molecule has 3 heteroatoms. The smallest absolute Gasteiger partial charge is 0.257 e. The largest absolute Gasteiger partial charge is 0.449 e. The minimum Gasteiger partial charge on any atom is -0.449 e. The highest BCUT2D eigenvalue weighted by Gasteiger charge is 2.27. The Morgan fingerprint density at radius 3 is 2.17 bits per heavy atom. The summed E-state index contributed by atoms with van der Waals surface area (Å²) in [5.41, 5.74) is 0. The van der Waals surface area contributed by atoms with Crippen LogP contribution in [0.15, 0.2) is 24.3 Å². The Bertz CT molecular complexity index is 261. The van der Waals surface area contributed by atoms with Crippen LogP contribution in [-0.4, -0.2) is 11.7 Å². The van der Waals surface area contributed by atoms with Gasteiger partial charge in [0.2, 0.25) is 0 Å². The van der Waals surface area contributed by atoms with Crippen LogP contribution < -0.4 is 9.47 Å². The summed E-state index contributed by atoms with van der Waals surface area (Å²) in [5.74, 6) is 1.55. The first kappa shape index (κ1) is 7.74. The van der Waals surface area contributed by atoms with Crippen LogP contribution in [0.25, 0.3) is 0 Å². The average molecular weight is 185 g/mol. The zero-order valence-corrected chi connectivity index (χ0v) is 7.41. The van der Waals surface area contributed by atoms with Crippen molar-refractivity contribution in [1.29, 1.82) is 0 Å². The third-order valence-corrected chi connectivity index (χ3v) is 1.92. The van der Waals surface area contributed by atoms with E-state index in [1.165, 1.54) is 0 Å². The molecule has 0 aromatic heterocycles. The highest BCUT2D eigenvalue weighted by molar-refractivity contribution is 6.20. The third-order valence-electron chi connectivity index (χ3n) is 1.71. The van der Waals surface area contributed by atoms with Crippen LogP contribution in [0.3, 0.4) is 0 Å². The second-order valence-electron chi connectivity index (χ2n) is 2.73. The molecule has 1 atom stereocenters. The Morgan fingerprint density at radius 1 is 1.25 bits per heavy atom. The molecule has 0 saturated heterocycles. The summed E-state index contributed by atoms with van der Waals surface area (Å²) in [4.78, 5) is 0. The first-order chi connectivity index (χ1) is 5.77. The molecule has 0 bridgehead atoms. The molecule has 1 unspecified atom stereocenters. The fourth-order valence-electron chi connectivity index (χ4n) is 1.11. The molecule has 0 saturated carbocycles. The van der Waals surface area contributed by atoms with Crippen LogP contribution in [-0.2, 0) is 0 Å². The zero-order valence-electron chi connectivity index (χ0n) is 6.66. The predicted molar refractivity (Wildman–Crippen MR) is 46.8 cm³/mol. The molecule has 0 fully saturated rings. The molecule has 1 aromatic rings. The number of hydrogen-bond donors (Lipinski definition) is 0. The molecule has 0 spiro atoms. The lowest BCUT2D eigenvalue weighted by atomic mass is 10.3. The second-order valence-corrected chi connectivity index (χ2v) is 3.42. The summed E-state index contributed by atoms with van der Waals surface area (Å²) in [6.45, 7) is 1.85. The van der Waals surface area contributed by atoms with Gasteiger partial charge in [-0.3, -0.25) is 0 Å². The van der Waals surface area contributed by atoms with Gasteiger partial charge in [0, 0.05) is 0 Å². The zero-order chi connectivity index (χ0) is 8.55. The maximum Gasteiger partial charge on any atom is 0.257 e. The summed E-state index contributed by atoms with van der Waals surface area (Å²) in [5, 5.41) is -0.141. The van der Waals surface area contributed by atoms with Crippen LogP contribution in [0, 0.1) is 0 Å². The quantitative estimate of drug-likeness (QED) is 0.624. The maximum atomic E-state index is 5.82. The normalized spacial score (nSPS) is 17.8. The van der Waals surface area contributed by atoms with Crippen LogP contribution >= 0.6 is 11.6 Å². The second kappa shape index (κ2) is 2.87. The van der Waals surface area contributed by atoms with Gasteiger partial charge in [-0.15, -0.1) is 11.6 Å². The van der Waals surface area contributed by atoms with Crippen molar-refractivity contribution in [3.8, 4) is 11.5 Å². The minimum atomic E-state index is -0.343. The Hall–Kier alpha value is -0.890. The lowest BCUT2D eigenvalue weighted by molar-refractivity contribution is 0.0498. The topological polar surface area (TPSA) is 18.5 Å². The van der Waals surface area contributed by atoms with E-state index in [0.29, 0.717) is 0 Å². The number of fused-ring (bicyclic) bond motifs is 1. The SMILES string of the molecule is CC(Cl)C1Oc2ccccc2O1. The van der Waals surface area contributed by atoms with Crippen molar-refractivity contribution in [2.24, 2.45) is 0 Å². The van der Waals surface area contributed by atoms with Gasteiger partial charge in [0.05, 0.1) is 0 Å². The Morgan fingerprint density at radius 2 is 1.75 bits per heavy atom. The number of ether oxygens (including phenoxy) is 2. The molecule has 1 aliphatic rings. The van der Waals surface area contributed by atoms with Crippen molar-refractivity contribution in [1.82, 2.24) is 0 Å². The van der Waals surface area contributed by atoms with E-state index >= 15 is 0 Å². The summed E-state index contributed by atoms with van der Waals surface area (Å²) >= 11 is 5.82. The molecule has 2 rings (SSSR count). The Kier molecular flexibility index (Phi) is 1.85. The molecule has 1 aromatic carbocycles. The molecule has 0 amide bonds. The molecule has 0 radical (unpaired) electrons. The first-order valence-corrected chi connectivity index (χ1v) is 4.27. The van der Waals surface area contributed by atoms with Crippen LogP contribution in [0.5, 0.6) is 11.5 Å². The number of benzene rings is 1. The standard InChI is InChI=1S/C9H9ClO2/c1-6(10)9-11-7-4-2-3-5-8(7)12-9/h2-6,9H,1H3. The highest BCUT2D eigenvalue weighted by atomic mass is 35.5. The number of alkyl halides is 1. The average Bonchev–Trinajstić information content (AvgIpc) is 2.46.